The molecule has 1 heterocycles. The largest absolute Gasteiger partial charge is 0.329 e. The van der Waals surface area contributed by atoms with Crippen LogP contribution in [0.1, 0.15) is 11.1 Å². The van der Waals surface area contributed by atoms with E-state index in [1.165, 1.54) is 4.90 Å². The van der Waals surface area contributed by atoms with Gasteiger partial charge in [0.2, 0.25) is 10.0 Å². The Labute approximate surface area is 151 Å². The van der Waals surface area contributed by atoms with Gasteiger partial charge in [-0.2, -0.15) is 9.57 Å². The summed E-state index contributed by atoms with van der Waals surface area (Å²) in [6, 6.07) is 12.3. The molecule has 2 aromatic carbocycles. The van der Waals surface area contributed by atoms with Gasteiger partial charge in [-0.15, -0.1) is 0 Å². The summed E-state index contributed by atoms with van der Waals surface area (Å²) in [7, 11) is -4.19. The zero-order valence-corrected chi connectivity index (χ0v) is 14.8. The fourth-order valence-corrected chi connectivity index (χ4v) is 4.61. The molecule has 1 saturated heterocycles. The fourth-order valence-electron chi connectivity index (χ4n) is 3.06. The number of hydrogen-bond donors (Lipinski definition) is 1. The molecule has 5 nitrogen and oxygen atoms in total. The lowest BCUT2D eigenvalue weighted by atomic mass is 10.1. The minimum absolute atomic E-state index is 0.196. The van der Waals surface area contributed by atoms with Crippen molar-refractivity contribution in [2.75, 3.05) is 26.2 Å². The Hall–Kier alpha value is -2.34. The summed E-state index contributed by atoms with van der Waals surface area (Å²) in [5, 5.41) is 8.82. The van der Waals surface area contributed by atoms with E-state index in [-0.39, 0.29) is 13.1 Å². The Morgan fingerprint density at radius 1 is 1.04 bits per heavy atom. The highest BCUT2D eigenvalue weighted by molar-refractivity contribution is 7.89. The molecule has 0 atom stereocenters. The number of piperazine rings is 1. The van der Waals surface area contributed by atoms with Gasteiger partial charge >= 0.3 is 0 Å². The monoisotopic (exact) mass is 378 g/mol. The normalized spacial score (nSPS) is 16.3. The van der Waals surface area contributed by atoms with Crippen LogP contribution in [-0.2, 0) is 16.6 Å². The van der Waals surface area contributed by atoms with Crippen LogP contribution in [0.5, 0.6) is 0 Å². The molecule has 0 spiro atoms. The maximum absolute atomic E-state index is 13.9. The number of rotatable bonds is 4. The van der Waals surface area contributed by atoms with Crippen LogP contribution in [0.3, 0.4) is 0 Å². The Balaban J connectivity index is 1.67. The number of quaternary nitrogens is 1. The molecule has 0 radical (unpaired) electrons. The second-order valence-electron chi connectivity index (χ2n) is 6.19. The Kier molecular flexibility index (Phi) is 5.32. The highest BCUT2D eigenvalue weighted by Crippen LogP contribution is 2.22. The maximum Gasteiger partial charge on any atom is 0.249 e. The van der Waals surface area contributed by atoms with Gasteiger partial charge in [0.15, 0.2) is 4.90 Å². The van der Waals surface area contributed by atoms with Gasteiger partial charge in [-0.25, -0.2) is 17.2 Å². The first-order valence-corrected chi connectivity index (χ1v) is 9.62. The molecule has 0 amide bonds. The third-order valence-electron chi connectivity index (χ3n) is 4.48. The average Bonchev–Trinajstić information content (AvgIpc) is 2.62. The highest BCUT2D eigenvalue weighted by Gasteiger charge is 2.34. The van der Waals surface area contributed by atoms with Crippen molar-refractivity contribution < 1.29 is 22.1 Å². The number of hydrogen-bond acceptors (Lipinski definition) is 3. The lowest BCUT2D eigenvalue weighted by molar-refractivity contribution is -0.917. The standard InChI is InChI=1S/C18H17F2N3O2S/c19-16-2-1-3-17(20)18(16)26(24,25)23-10-8-22(9-11-23)13-15-6-4-14(12-21)5-7-15/h1-7H,8-11,13H2/p+1. The summed E-state index contributed by atoms with van der Waals surface area (Å²) in [6.45, 7) is 2.17. The maximum atomic E-state index is 13.9. The second kappa shape index (κ2) is 7.50. The number of sulfonamides is 1. The van der Waals surface area contributed by atoms with Gasteiger partial charge in [0.25, 0.3) is 0 Å². The van der Waals surface area contributed by atoms with Crippen molar-refractivity contribution in [1.29, 1.82) is 5.26 Å². The molecule has 0 aromatic heterocycles. The van der Waals surface area contributed by atoms with Gasteiger partial charge in [-0.1, -0.05) is 18.2 Å². The van der Waals surface area contributed by atoms with E-state index in [0.717, 1.165) is 28.1 Å². The summed E-state index contributed by atoms with van der Waals surface area (Å²) < 4.78 is 54.0. The highest BCUT2D eigenvalue weighted by atomic mass is 32.2. The summed E-state index contributed by atoms with van der Waals surface area (Å²) in [5.41, 5.74) is 1.64. The lowest BCUT2D eigenvalue weighted by Gasteiger charge is -2.31. The molecule has 3 rings (SSSR count). The van der Waals surface area contributed by atoms with Crippen molar-refractivity contribution in [1.82, 2.24) is 4.31 Å². The smallest absolute Gasteiger partial charge is 0.249 e. The molecule has 2 aromatic rings. The van der Waals surface area contributed by atoms with Crippen molar-refractivity contribution in [3.63, 3.8) is 0 Å². The summed E-state index contributed by atoms with van der Waals surface area (Å²) >= 11 is 0. The van der Waals surface area contributed by atoms with E-state index in [4.69, 9.17) is 5.26 Å². The van der Waals surface area contributed by atoms with E-state index in [1.807, 2.05) is 12.1 Å². The predicted molar refractivity (Wildman–Crippen MR) is 90.7 cm³/mol. The van der Waals surface area contributed by atoms with Crippen LogP contribution in [0, 0.1) is 23.0 Å². The predicted octanol–water partition coefficient (Wildman–Crippen LogP) is 0.926. The molecule has 1 N–H and O–H groups in total. The van der Waals surface area contributed by atoms with Gasteiger partial charge in [0.1, 0.15) is 18.2 Å². The van der Waals surface area contributed by atoms with Crippen molar-refractivity contribution >= 4 is 10.0 Å². The molecule has 1 aliphatic rings. The van der Waals surface area contributed by atoms with Gasteiger partial charge in [0, 0.05) is 5.56 Å². The third-order valence-corrected chi connectivity index (χ3v) is 6.43. The molecular formula is C18H18F2N3O2S+. The molecular weight excluding hydrogens is 360 g/mol. The molecule has 26 heavy (non-hydrogen) atoms. The third kappa shape index (κ3) is 3.75. The topological polar surface area (TPSA) is 65.6 Å². The molecule has 1 fully saturated rings. The number of nitriles is 1. The summed E-state index contributed by atoms with van der Waals surface area (Å²) in [6.07, 6.45) is 0. The number of benzene rings is 2. The van der Waals surface area contributed by atoms with Crippen LogP contribution >= 0.6 is 0 Å². The molecule has 0 bridgehead atoms. The van der Waals surface area contributed by atoms with E-state index in [9.17, 15) is 17.2 Å². The first-order chi connectivity index (χ1) is 12.4. The zero-order valence-electron chi connectivity index (χ0n) is 14.0. The average molecular weight is 378 g/mol. The Morgan fingerprint density at radius 2 is 1.62 bits per heavy atom. The molecule has 0 aliphatic carbocycles. The van der Waals surface area contributed by atoms with E-state index < -0.39 is 26.6 Å². The SMILES string of the molecule is N#Cc1ccc(C[NH+]2CCN(S(=O)(=O)c3c(F)cccc3F)CC2)cc1. The van der Waals surface area contributed by atoms with Gasteiger partial charge in [-0.3, -0.25) is 0 Å². The van der Waals surface area contributed by atoms with E-state index >= 15 is 0 Å². The van der Waals surface area contributed by atoms with Gasteiger partial charge < -0.3 is 4.90 Å². The van der Waals surface area contributed by atoms with Crippen molar-refractivity contribution in [3.05, 3.63) is 65.2 Å². The zero-order chi connectivity index (χ0) is 18.7. The Morgan fingerprint density at radius 3 is 2.15 bits per heavy atom. The molecule has 1 aliphatic heterocycles. The van der Waals surface area contributed by atoms with Crippen LogP contribution in [0.4, 0.5) is 8.78 Å². The number of halogens is 2. The first kappa shape index (κ1) is 18.5. The van der Waals surface area contributed by atoms with Gasteiger partial charge in [0.05, 0.1) is 37.8 Å². The van der Waals surface area contributed by atoms with Gasteiger partial charge in [-0.05, 0) is 24.3 Å². The van der Waals surface area contributed by atoms with Crippen molar-refractivity contribution in [3.8, 4) is 6.07 Å². The Bertz CT molecular complexity index is 912. The summed E-state index contributed by atoms with van der Waals surface area (Å²) in [5.74, 6) is -2.14. The van der Waals surface area contributed by atoms with Crippen LogP contribution < -0.4 is 4.90 Å². The molecule has 8 heteroatoms. The van der Waals surface area contributed by atoms with Crippen molar-refractivity contribution in [2.45, 2.75) is 11.4 Å². The van der Waals surface area contributed by atoms with Crippen LogP contribution in [0.15, 0.2) is 47.4 Å². The fraction of sp³-hybridized carbons (Fsp3) is 0.278. The van der Waals surface area contributed by atoms with E-state index in [2.05, 4.69) is 6.07 Å². The van der Waals surface area contributed by atoms with Crippen LogP contribution in [0.25, 0.3) is 0 Å². The van der Waals surface area contributed by atoms with Crippen LogP contribution in [0.2, 0.25) is 0 Å². The quantitative estimate of drug-likeness (QED) is 0.861. The summed E-state index contributed by atoms with van der Waals surface area (Å²) in [4.78, 5) is 0.297. The van der Waals surface area contributed by atoms with E-state index in [0.29, 0.717) is 25.2 Å². The van der Waals surface area contributed by atoms with E-state index in [1.54, 1.807) is 12.1 Å². The number of nitrogens with one attached hydrogen (secondary N) is 1. The first-order valence-electron chi connectivity index (χ1n) is 8.18. The minimum Gasteiger partial charge on any atom is -0.329 e. The minimum atomic E-state index is -4.19. The van der Waals surface area contributed by atoms with Crippen molar-refractivity contribution in [2.24, 2.45) is 0 Å². The molecule has 0 saturated carbocycles. The second-order valence-corrected chi connectivity index (χ2v) is 8.07. The lowest BCUT2D eigenvalue weighted by Crippen LogP contribution is -3.13. The molecule has 136 valence electrons. The van der Waals surface area contributed by atoms with Crippen LogP contribution in [-0.4, -0.2) is 38.9 Å². The molecule has 0 unspecified atom stereocenters. The number of nitrogens with zero attached hydrogens (tertiary/aromatic N) is 2.